The van der Waals surface area contributed by atoms with Crippen molar-refractivity contribution < 1.29 is 4.74 Å². The molecular formula is C19H27N5O. The Bertz CT molecular complexity index is 737. The first-order valence-electron chi connectivity index (χ1n) is 8.87. The fourth-order valence-electron chi connectivity index (χ4n) is 3.06. The van der Waals surface area contributed by atoms with Crippen LogP contribution in [0.5, 0.6) is 5.75 Å². The van der Waals surface area contributed by atoms with E-state index in [2.05, 4.69) is 47.5 Å². The highest BCUT2D eigenvalue weighted by molar-refractivity contribution is 5.79. The number of ether oxygens (including phenoxy) is 1. The standard InChI is InChI=1S/C19H27N5O/c1-4-20-19(23(2)13-16-12-22-24(3)14-16)21-9-7-15-5-6-18-17(11-15)8-10-25-18/h5-6,11-12,14H,4,7-10,13H2,1-3H3,(H,20,21). The third-order valence-corrected chi connectivity index (χ3v) is 4.29. The van der Waals surface area contributed by atoms with Gasteiger partial charge in [-0.2, -0.15) is 5.10 Å². The van der Waals surface area contributed by atoms with Crippen molar-refractivity contribution in [2.75, 3.05) is 26.7 Å². The number of aromatic nitrogens is 2. The summed E-state index contributed by atoms with van der Waals surface area (Å²) in [5.41, 5.74) is 3.81. The van der Waals surface area contributed by atoms with Crippen molar-refractivity contribution in [1.29, 1.82) is 0 Å². The van der Waals surface area contributed by atoms with Gasteiger partial charge in [0.1, 0.15) is 5.75 Å². The predicted octanol–water partition coefficient (Wildman–Crippen LogP) is 1.99. The molecule has 0 amide bonds. The molecule has 6 heteroatoms. The molecule has 0 fully saturated rings. The van der Waals surface area contributed by atoms with E-state index in [9.17, 15) is 0 Å². The van der Waals surface area contributed by atoms with Crippen LogP contribution in [-0.2, 0) is 26.4 Å². The van der Waals surface area contributed by atoms with Gasteiger partial charge >= 0.3 is 0 Å². The summed E-state index contributed by atoms with van der Waals surface area (Å²) in [7, 11) is 3.99. The van der Waals surface area contributed by atoms with E-state index in [0.29, 0.717) is 0 Å². The third kappa shape index (κ3) is 4.53. The zero-order valence-electron chi connectivity index (χ0n) is 15.3. The molecule has 1 aromatic heterocycles. The second-order valence-electron chi connectivity index (χ2n) is 6.40. The van der Waals surface area contributed by atoms with Gasteiger partial charge in [0.15, 0.2) is 5.96 Å². The van der Waals surface area contributed by atoms with Crippen LogP contribution in [0, 0.1) is 0 Å². The Morgan fingerprint density at radius 1 is 1.40 bits per heavy atom. The summed E-state index contributed by atoms with van der Waals surface area (Å²) in [5, 5.41) is 7.59. The summed E-state index contributed by atoms with van der Waals surface area (Å²) in [6.07, 6.45) is 5.88. The van der Waals surface area contributed by atoms with Crippen molar-refractivity contribution in [2.24, 2.45) is 12.0 Å². The molecule has 0 unspecified atom stereocenters. The lowest BCUT2D eigenvalue weighted by molar-refractivity contribution is 0.357. The van der Waals surface area contributed by atoms with Gasteiger partial charge in [-0.3, -0.25) is 9.67 Å². The van der Waals surface area contributed by atoms with Crippen LogP contribution in [0.3, 0.4) is 0 Å². The number of guanidine groups is 1. The van der Waals surface area contributed by atoms with Crippen LogP contribution in [0.4, 0.5) is 0 Å². The maximum Gasteiger partial charge on any atom is 0.193 e. The SMILES string of the molecule is CCNC(=NCCc1ccc2c(c1)CCO2)N(C)Cc1cnn(C)c1. The number of hydrogen-bond donors (Lipinski definition) is 1. The second-order valence-corrected chi connectivity index (χ2v) is 6.40. The van der Waals surface area contributed by atoms with Crippen molar-refractivity contribution in [1.82, 2.24) is 20.0 Å². The highest BCUT2D eigenvalue weighted by Crippen LogP contribution is 2.25. The second kappa shape index (κ2) is 8.05. The smallest absolute Gasteiger partial charge is 0.193 e. The minimum Gasteiger partial charge on any atom is -0.493 e. The van der Waals surface area contributed by atoms with E-state index in [1.807, 2.05) is 24.1 Å². The van der Waals surface area contributed by atoms with Crippen molar-refractivity contribution in [2.45, 2.75) is 26.3 Å². The molecule has 3 rings (SSSR count). The Morgan fingerprint density at radius 2 is 2.28 bits per heavy atom. The van der Waals surface area contributed by atoms with E-state index < -0.39 is 0 Å². The molecule has 1 aromatic carbocycles. The average molecular weight is 341 g/mol. The highest BCUT2D eigenvalue weighted by atomic mass is 16.5. The van der Waals surface area contributed by atoms with Crippen LogP contribution in [0.1, 0.15) is 23.6 Å². The first kappa shape index (κ1) is 17.3. The monoisotopic (exact) mass is 341 g/mol. The molecule has 25 heavy (non-hydrogen) atoms. The van der Waals surface area contributed by atoms with E-state index in [1.54, 1.807) is 0 Å². The molecule has 0 atom stereocenters. The molecule has 1 aliphatic rings. The molecule has 1 aliphatic heterocycles. The van der Waals surface area contributed by atoms with Crippen LogP contribution in [0.15, 0.2) is 35.6 Å². The maximum atomic E-state index is 5.57. The van der Waals surface area contributed by atoms with Crippen LogP contribution < -0.4 is 10.1 Å². The van der Waals surface area contributed by atoms with Crippen molar-refractivity contribution >= 4 is 5.96 Å². The van der Waals surface area contributed by atoms with Gasteiger partial charge in [-0.25, -0.2) is 0 Å². The van der Waals surface area contributed by atoms with Crippen LogP contribution >= 0.6 is 0 Å². The summed E-state index contributed by atoms with van der Waals surface area (Å²) in [6.45, 7) is 5.30. The van der Waals surface area contributed by atoms with Crippen molar-refractivity contribution in [3.05, 3.63) is 47.3 Å². The normalized spacial score (nSPS) is 13.5. The van der Waals surface area contributed by atoms with E-state index in [1.165, 1.54) is 16.7 Å². The molecule has 0 spiro atoms. The largest absolute Gasteiger partial charge is 0.493 e. The minimum atomic E-state index is 0.763. The lowest BCUT2D eigenvalue weighted by Gasteiger charge is -2.21. The van der Waals surface area contributed by atoms with Crippen molar-refractivity contribution in [3.8, 4) is 5.75 Å². The number of aryl methyl sites for hydroxylation is 1. The van der Waals surface area contributed by atoms with Gasteiger partial charge in [0.2, 0.25) is 0 Å². The average Bonchev–Trinajstić information content (AvgIpc) is 3.22. The third-order valence-electron chi connectivity index (χ3n) is 4.29. The fourth-order valence-corrected chi connectivity index (χ4v) is 3.06. The Balaban J connectivity index is 1.59. The Labute approximate surface area is 149 Å². The number of aliphatic imine (C=N–C) groups is 1. The zero-order chi connectivity index (χ0) is 17.6. The highest BCUT2D eigenvalue weighted by Gasteiger charge is 2.12. The summed E-state index contributed by atoms with van der Waals surface area (Å²) >= 11 is 0. The van der Waals surface area contributed by atoms with Gasteiger partial charge in [-0.1, -0.05) is 12.1 Å². The molecule has 2 heterocycles. The van der Waals surface area contributed by atoms with Crippen molar-refractivity contribution in [3.63, 3.8) is 0 Å². The molecule has 1 N–H and O–H groups in total. The number of hydrogen-bond acceptors (Lipinski definition) is 3. The molecule has 6 nitrogen and oxygen atoms in total. The number of benzene rings is 1. The maximum absolute atomic E-state index is 5.57. The van der Waals surface area contributed by atoms with Crippen LogP contribution in [-0.4, -0.2) is 47.4 Å². The fraction of sp³-hybridized carbons (Fsp3) is 0.474. The van der Waals surface area contributed by atoms with E-state index >= 15 is 0 Å². The molecule has 2 aromatic rings. The molecule has 0 bridgehead atoms. The van der Waals surface area contributed by atoms with Gasteiger partial charge in [-0.05, 0) is 30.5 Å². The Morgan fingerprint density at radius 3 is 3.04 bits per heavy atom. The van der Waals surface area contributed by atoms with E-state index in [4.69, 9.17) is 9.73 Å². The number of nitrogens with one attached hydrogen (secondary N) is 1. The summed E-state index contributed by atoms with van der Waals surface area (Å²) < 4.78 is 7.39. The van der Waals surface area contributed by atoms with E-state index in [0.717, 1.165) is 50.8 Å². The lowest BCUT2D eigenvalue weighted by atomic mass is 10.1. The molecular weight excluding hydrogens is 314 g/mol. The summed E-state index contributed by atoms with van der Waals surface area (Å²) in [5.74, 6) is 1.97. The lowest BCUT2D eigenvalue weighted by Crippen LogP contribution is -2.38. The van der Waals surface area contributed by atoms with Gasteiger partial charge in [0.05, 0.1) is 12.8 Å². The number of rotatable bonds is 6. The Kier molecular flexibility index (Phi) is 5.58. The van der Waals surface area contributed by atoms with Gasteiger partial charge in [-0.15, -0.1) is 0 Å². The molecule has 134 valence electrons. The quantitative estimate of drug-likeness (QED) is 0.645. The Hall–Kier alpha value is -2.50. The van der Waals surface area contributed by atoms with Gasteiger partial charge < -0.3 is 15.0 Å². The van der Waals surface area contributed by atoms with Crippen LogP contribution in [0.2, 0.25) is 0 Å². The predicted molar refractivity (Wildman–Crippen MR) is 100.0 cm³/mol. The van der Waals surface area contributed by atoms with Crippen LogP contribution in [0.25, 0.3) is 0 Å². The first-order chi connectivity index (χ1) is 12.2. The zero-order valence-corrected chi connectivity index (χ0v) is 15.3. The minimum absolute atomic E-state index is 0.763. The molecule has 0 saturated heterocycles. The van der Waals surface area contributed by atoms with Gasteiger partial charge in [0, 0.05) is 51.9 Å². The molecule has 0 radical (unpaired) electrons. The van der Waals surface area contributed by atoms with Gasteiger partial charge in [0.25, 0.3) is 0 Å². The van der Waals surface area contributed by atoms with E-state index in [-0.39, 0.29) is 0 Å². The summed E-state index contributed by atoms with van der Waals surface area (Å²) in [4.78, 5) is 6.91. The molecule has 0 saturated carbocycles. The number of fused-ring (bicyclic) bond motifs is 1. The molecule has 0 aliphatic carbocycles. The summed E-state index contributed by atoms with van der Waals surface area (Å²) in [6, 6.07) is 6.48. The first-order valence-corrected chi connectivity index (χ1v) is 8.87. The topological polar surface area (TPSA) is 54.7 Å². The number of nitrogens with zero attached hydrogens (tertiary/aromatic N) is 4.